The van der Waals surface area contributed by atoms with Gasteiger partial charge < -0.3 is 15.2 Å². The Kier molecular flexibility index (Phi) is 6.04. The normalized spacial score (nSPS) is 17.4. The molecule has 1 saturated heterocycles. The van der Waals surface area contributed by atoms with Gasteiger partial charge in [-0.15, -0.1) is 0 Å². The second-order valence-electron chi connectivity index (χ2n) is 6.20. The van der Waals surface area contributed by atoms with Gasteiger partial charge in [-0.2, -0.15) is 0 Å². The number of amides is 1. The second kappa shape index (κ2) is 8.65. The topological polar surface area (TPSA) is 61.8 Å². The molecule has 1 heterocycles. The van der Waals surface area contributed by atoms with Gasteiger partial charge >= 0.3 is 0 Å². The van der Waals surface area contributed by atoms with E-state index in [1.807, 2.05) is 30.3 Å². The number of benzene rings is 2. The maximum absolute atomic E-state index is 12.7. The van der Waals surface area contributed by atoms with Crippen LogP contribution in [0.2, 0.25) is 0 Å². The van der Waals surface area contributed by atoms with Crippen LogP contribution in [-0.2, 0) is 11.3 Å². The van der Waals surface area contributed by atoms with Crippen molar-refractivity contribution in [2.24, 2.45) is 0 Å². The van der Waals surface area contributed by atoms with Crippen molar-refractivity contribution in [1.82, 2.24) is 4.90 Å². The fourth-order valence-corrected chi connectivity index (χ4v) is 3.15. The third-order valence-electron chi connectivity index (χ3n) is 4.38. The molecule has 5 heteroatoms. The van der Waals surface area contributed by atoms with Gasteiger partial charge in [0.1, 0.15) is 12.4 Å². The first-order valence-corrected chi connectivity index (χ1v) is 8.69. The summed E-state index contributed by atoms with van der Waals surface area (Å²) in [4.78, 5) is 14.9. The van der Waals surface area contributed by atoms with Gasteiger partial charge in [-0.1, -0.05) is 30.3 Å². The van der Waals surface area contributed by atoms with E-state index in [0.717, 1.165) is 31.6 Å². The van der Waals surface area contributed by atoms with E-state index in [4.69, 9.17) is 9.84 Å². The summed E-state index contributed by atoms with van der Waals surface area (Å²) in [5.41, 5.74) is 1.99. The number of aliphatic hydroxyl groups is 1. The Morgan fingerprint density at radius 3 is 2.64 bits per heavy atom. The zero-order chi connectivity index (χ0) is 17.5. The number of likely N-dealkylation sites (tertiary alicyclic amines) is 1. The fraction of sp³-hybridized carbons (Fsp3) is 0.350. The molecule has 5 nitrogen and oxygen atoms in total. The molecule has 1 unspecified atom stereocenters. The molecule has 132 valence electrons. The van der Waals surface area contributed by atoms with Gasteiger partial charge in [0.25, 0.3) is 0 Å². The third kappa shape index (κ3) is 4.81. The molecule has 0 radical (unpaired) electrons. The standard InChI is InChI=1S/C20H24N2O3/c23-13-14-25-18-10-8-17(9-11-18)21-20(24)19-7-4-12-22(19)15-16-5-2-1-3-6-16/h1-3,5-6,8-11,19,23H,4,7,12-15H2,(H,21,24). The zero-order valence-corrected chi connectivity index (χ0v) is 14.2. The molecule has 1 aliphatic heterocycles. The minimum absolute atomic E-state index is 0.0165. The van der Waals surface area contributed by atoms with E-state index in [9.17, 15) is 4.79 Å². The van der Waals surface area contributed by atoms with Crippen molar-refractivity contribution in [2.45, 2.75) is 25.4 Å². The van der Waals surface area contributed by atoms with E-state index >= 15 is 0 Å². The van der Waals surface area contributed by atoms with Gasteiger partial charge in [0, 0.05) is 12.2 Å². The number of carbonyl (C=O) groups is 1. The highest BCUT2D eigenvalue weighted by atomic mass is 16.5. The van der Waals surface area contributed by atoms with Gasteiger partial charge in [-0.05, 0) is 49.2 Å². The number of rotatable bonds is 7. The van der Waals surface area contributed by atoms with E-state index < -0.39 is 0 Å². The third-order valence-corrected chi connectivity index (χ3v) is 4.38. The second-order valence-corrected chi connectivity index (χ2v) is 6.20. The number of anilines is 1. The summed E-state index contributed by atoms with van der Waals surface area (Å²) in [6.07, 6.45) is 1.93. The number of carbonyl (C=O) groups excluding carboxylic acids is 1. The molecule has 1 atom stereocenters. The molecule has 0 saturated carbocycles. The summed E-state index contributed by atoms with van der Waals surface area (Å²) in [5.74, 6) is 0.719. The van der Waals surface area contributed by atoms with Crippen molar-refractivity contribution in [3.63, 3.8) is 0 Å². The van der Waals surface area contributed by atoms with E-state index in [1.165, 1.54) is 5.56 Å². The van der Waals surface area contributed by atoms with Crippen LogP contribution in [0.15, 0.2) is 54.6 Å². The largest absolute Gasteiger partial charge is 0.491 e. The molecule has 2 aromatic carbocycles. The number of nitrogens with one attached hydrogen (secondary N) is 1. The molecule has 0 aliphatic carbocycles. The molecular formula is C20H24N2O3. The Morgan fingerprint density at radius 1 is 1.16 bits per heavy atom. The summed E-state index contributed by atoms with van der Waals surface area (Å²) >= 11 is 0. The number of hydrogen-bond acceptors (Lipinski definition) is 4. The van der Waals surface area contributed by atoms with Gasteiger partial charge in [-0.3, -0.25) is 9.69 Å². The molecule has 0 bridgehead atoms. The summed E-state index contributed by atoms with van der Waals surface area (Å²) in [6.45, 7) is 1.99. The van der Waals surface area contributed by atoms with Crippen LogP contribution in [0.4, 0.5) is 5.69 Å². The summed E-state index contributed by atoms with van der Waals surface area (Å²) in [6, 6.07) is 17.4. The Morgan fingerprint density at radius 2 is 1.92 bits per heavy atom. The lowest BCUT2D eigenvalue weighted by Gasteiger charge is -2.23. The molecule has 2 aromatic rings. The molecular weight excluding hydrogens is 316 g/mol. The highest BCUT2D eigenvalue weighted by Gasteiger charge is 2.30. The van der Waals surface area contributed by atoms with Crippen molar-refractivity contribution in [3.05, 3.63) is 60.2 Å². The van der Waals surface area contributed by atoms with Gasteiger partial charge in [0.15, 0.2) is 0 Å². The smallest absolute Gasteiger partial charge is 0.241 e. The first-order valence-electron chi connectivity index (χ1n) is 8.69. The van der Waals surface area contributed by atoms with Crippen LogP contribution in [0.5, 0.6) is 5.75 Å². The zero-order valence-electron chi connectivity index (χ0n) is 14.2. The van der Waals surface area contributed by atoms with E-state index in [0.29, 0.717) is 5.75 Å². The lowest BCUT2D eigenvalue weighted by Crippen LogP contribution is -2.39. The van der Waals surface area contributed by atoms with Crippen LogP contribution in [0, 0.1) is 0 Å². The lowest BCUT2D eigenvalue weighted by atomic mass is 10.1. The minimum atomic E-state index is -0.0921. The Balaban J connectivity index is 1.58. The summed E-state index contributed by atoms with van der Waals surface area (Å²) in [7, 11) is 0. The monoisotopic (exact) mass is 340 g/mol. The van der Waals surface area contributed by atoms with Crippen molar-refractivity contribution >= 4 is 11.6 Å². The fourth-order valence-electron chi connectivity index (χ4n) is 3.15. The van der Waals surface area contributed by atoms with Crippen LogP contribution < -0.4 is 10.1 Å². The lowest BCUT2D eigenvalue weighted by molar-refractivity contribution is -0.120. The van der Waals surface area contributed by atoms with Crippen LogP contribution in [0.25, 0.3) is 0 Å². The van der Waals surface area contributed by atoms with Crippen LogP contribution in [0.1, 0.15) is 18.4 Å². The maximum Gasteiger partial charge on any atom is 0.241 e. The van der Waals surface area contributed by atoms with Crippen LogP contribution in [-0.4, -0.2) is 41.7 Å². The molecule has 1 amide bonds. The molecule has 25 heavy (non-hydrogen) atoms. The number of nitrogens with zero attached hydrogens (tertiary/aromatic N) is 1. The average Bonchev–Trinajstić information content (AvgIpc) is 3.10. The molecule has 3 rings (SSSR count). The number of aliphatic hydroxyl groups excluding tert-OH is 1. The predicted molar refractivity (Wildman–Crippen MR) is 97.5 cm³/mol. The first-order chi connectivity index (χ1) is 12.3. The highest BCUT2D eigenvalue weighted by molar-refractivity contribution is 5.95. The molecule has 0 spiro atoms. The highest BCUT2D eigenvalue weighted by Crippen LogP contribution is 2.22. The summed E-state index contributed by atoms with van der Waals surface area (Å²) < 4.78 is 5.33. The Labute approximate surface area is 148 Å². The van der Waals surface area contributed by atoms with Gasteiger partial charge in [0.05, 0.1) is 12.6 Å². The first kappa shape index (κ1) is 17.5. The Hall–Kier alpha value is -2.37. The van der Waals surface area contributed by atoms with Crippen molar-refractivity contribution in [2.75, 3.05) is 25.1 Å². The quantitative estimate of drug-likeness (QED) is 0.813. The average molecular weight is 340 g/mol. The molecule has 0 aromatic heterocycles. The molecule has 1 aliphatic rings. The van der Waals surface area contributed by atoms with Crippen molar-refractivity contribution in [1.29, 1.82) is 0 Å². The number of hydrogen-bond donors (Lipinski definition) is 2. The van der Waals surface area contributed by atoms with E-state index in [1.54, 1.807) is 12.1 Å². The number of ether oxygens (including phenoxy) is 1. The SMILES string of the molecule is O=C(Nc1ccc(OCCO)cc1)C1CCCN1Cc1ccccc1. The summed E-state index contributed by atoms with van der Waals surface area (Å²) in [5, 5.41) is 11.8. The van der Waals surface area contributed by atoms with E-state index in [-0.39, 0.29) is 25.2 Å². The van der Waals surface area contributed by atoms with Crippen LogP contribution in [0.3, 0.4) is 0 Å². The van der Waals surface area contributed by atoms with E-state index in [2.05, 4.69) is 22.3 Å². The van der Waals surface area contributed by atoms with Crippen molar-refractivity contribution in [3.8, 4) is 5.75 Å². The van der Waals surface area contributed by atoms with Gasteiger partial charge in [-0.25, -0.2) is 0 Å². The Bertz CT molecular complexity index is 673. The predicted octanol–water partition coefficient (Wildman–Crippen LogP) is 2.66. The van der Waals surface area contributed by atoms with Crippen LogP contribution >= 0.6 is 0 Å². The van der Waals surface area contributed by atoms with Crippen molar-refractivity contribution < 1.29 is 14.6 Å². The molecule has 1 fully saturated rings. The molecule has 2 N–H and O–H groups in total. The maximum atomic E-state index is 12.7. The van der Waals surface area contributed by atoms with Gasteiger partial charge in [0.2, 0.25) is 5.91 Å². The minimum Gasteiger partial charge on any atom is -0.491 e.